The molecule has 0 atom stereocenters. The number of hydrogen-bond donors (Lipinski definition) is 5. The van der Waals surface area contributed by atoms with Crippen molar-refractivity contribution in [2.75, 3.05) is 68.3 Å². The number of para-hydroxylation sites is 1. The van der Waals surface area contributed by atoms with Crippen molar-refractivity contribution in [3.63, 3.8) is 0 Å². The van der Waals surface area contributed by atoms with Crippen LogP contribution in [0.1, 0.15) is 221 Å². The zero-order valence-electron chi connectivity index (χ0n) is 88.5. The summed E-state index contributed by atoms with van der Waals surface area (Å²) < 4.78 is 202. The van der Waals surface area contributed by atoms with Gasteiger partial charge < -0.3 is 55.3 Å². The standard InChI is InChI=1S/C28H36ClN5O3S.C22H26N2O3.C18H26BNO2.C15H24N2O.C10H12BrNO3/c1-17(2)37-25-15-21(20-10-12-30-13-11-20)19(5)14-24(25)33-28-31-16-22(29)27(34-28)32-23-8-6-7-9-26(23)38(35,36)18(3)4;1-16(2)27-22-14-20(17(3)13-21(22)24(25)26)19-9-11-23(12-10-19)15-18-7-5-4-6-8-18;1-17(2)18(3,4)22-19(21-17)16-10-12-20(13-11-16)14-15-8-6-5-7-9-15;1-10(2)18-15-9-13(11(3)8-14(15)16)12-4-6-17-7-5-12;1-6(2)15-10-5-8(11)7(3)4-9(10)12(13)14/h6-9,14-18,20,30H,10-13H2,1-5H3,(H2,31,32,33,34);4-9,13-14,16H,10-12,15H2,1-3H3;5-10H,11-14H2,1-4H3;8-10,12,17H,4-7,16H2,1-3H3;4-6H,1-3H3/i12D2,13D2,18D;11D2,12D2;12D2,13D2;6D2,7D2;. The van der Waals surface area contributed by atoms with Crippen LogP contribution in [0.15, 0.2) is 167 Å². The van der Waals surface area contributed by atoms with Crippen LogP contribution >= 0.6 is 27.5 Å². The quantitative estimate of drug-likeness (QED) is 0.0163. The Labute approximate surface area is 749 Å². The van der Waals surface area contributed by atoms with Gasteiger partial charge in [-0.3, -0.25) is 30.0 Å². The molecule has 0 spiro atoms. The summed E-state index contributed by atoms with van der Waals surface area (Å²) >= 11 is 9.71. The van der Waals surface area contributed by atoms with Gasteiger partial charge in [0.1, 0.15) is 16.5 Å². The molecular weight excluding hydrogens is 1620 g/mol. The minimum atomic E-state index is -4.01. The first-order valence-electron chi connectivity index (χ1n) is 48.3. The Hall–Kier alpha value is -8.96. The number of ether oxygens (including phenoxy) is 4. The number of nitrogens with two attached hydrogens (primary N) is 1. The third-order valence-electron chi connectivity index (χ3n) is 19.7. The molecule has 0 amide bonds. The van der Waals surface area contributed by atoms with E-state index in [0.717, 1.165) is 43.4 Å². The number of nitrogens with zero attached hydrogens (tertiary/aromatic N) is 6. The number of aryl methyl sites for hydroxylation is 4. The number of nitrogens with one attached hydrogen (secondary N) is 4. The molecule has 3 fully saturated rings. The number of aromatic nitrogens is 2. The second-order valence-corrected chi connectivity index (χ2v) is 35.1. The summed E-state index contributed by atoms with van der Waals surface area (Å²) in [7, 11) is -4.75. The summed E-state index contributed by atoms with van der Waals surface area (Å²) in [5.41, 5.74) is 14.1. The number of piperidine rings is 2. The molecule has 0 unspecified atom stereocenters. The first-order chi connectivity index (χ1) is 62.9. The number of sulfone groups is 1. The molecule has 6 heterocycles. The van der Waals surface area contributed by atoms with Crippen LogP contribution in [0.3, 0.4) is 0 Å². The van der Waals surface area contributed by atoms with Crippen LogP contribution in [-0.4, -0.2) is 138 Å². The summed E-state index contributed by atoms with van der Waals surface area (Å²) in [4.78, 5) is 32.4. The molecule has 5 aliphatic rings. The second kappa shape index (κ2) is 43.7. The minimum Gasteiger partial charge on any atom is -0.489 e. The van der Waals surface area contributed by atoms with E-state index in [2.05, 4.69) is 47.2 Å². The molecule has 0 saturated carbocycles. The fourth-order valence-corrected chi connectivity index (χ4v) is 14.5. The highest BCUT2D eigenvalue weighted by atomic mass is 79.9. The normalized spacial score (nSPS) is 21.9. The average molecular weight is 1760 g/mol. The molecule has 23 nitrogen and oxygen atoms in total. The van der Waals surface area contributed by atoms with Crippen LogP contribution in [0, 0.1) is 47.9 Å². The van der Waals surface area contributed by atoms with E-state index >= 15 is 0 Å². The lowest BCUT2D eigenvalue weighted by molar-refractivity contribution is -0.386. The number of nitro groups is 2. The molecule has 5 aliphatic heterocycles. The predicted molar refractivity (Wildman–Crippen MR) is 490 cm³/mol. The predicted octanol–water partition coefficient (Wildman–Crippen LogP) is 21.1. The van der Waals surface area contributed by atoms with Crippen LogP contribution < -0.4 is 45.9 Å². The van der Waals surface area contributed by atoms with Crippen molar-refractivity contribution in [2.24, 2.45) is 0 Å². The van der Waals surface area contributed by atoms with E-state index in [-0.39, 0.29) is 132 Å². The number of nitro benzene ring substituents is 2. The summed E-state index contributed by atoms with van der Waals surface area (Å²) in [6.07, 6.45) is 4.28. The Kier molecular flexibility index (Phi) is 26.5. The number of rotatable bonds is 24. The molecule has 27 heteroatoms. The molecule has 1 aromatic heterocycles. The zero-order chi connectivity index (χ0) is 103. The first kappa shape index (κ1) is 72.7. The van der Waals surface area contributed by atoms with E-state index < -0.39 is 95.2 Å². The van der Waals surface area contributed by atoms with Gasteiger partial charge in [0.2, 0.25) is 5.95 Å². The Morgan fingerprint density at radius 3 is 1.59 bits per heavy atom. The molecule has 0 radical (unpaired) electrons. The lowest BCUT2D eigenvalue weighted by atomic mass is 9.74. The van der Waals surface area contributed by atoms with Gasteiger partial charge >= 0.3 is 18.5 Å². The lowest BCUT2D eigenvalue weighted by Crippen LogP contribution is -2.41. The summed E-state index contributed by atoms with van der Waals surface area (Å²) in [5, 5.41) is 31.6. The van der Waals surface area contributed by atoms with Gasteiger partial charge in [-0.2, -0.15) is 4.98 Å². The van der Waals surface area contributed by atoms with Crippen LogP contribution in [0.2, 0.25) is 5.02 Å². The molecule has 646 valence electrons. The minimum absolute atomic E-state index is 0.00407. The van der Waals surface area contributed by atoms with E-state index in [4.69, 9.17) is 68.9 Å². The van der Waals surface area contributed by atoms with Gasteiger partial charge in [-0.25, -0.2) is 13.4 Å². The number of nitrogen functional groups attached to an aromatic ring is 1. The molecule has 0 aliphatic carbocycles. The molecule has 7 aromatic carbocycles. The SMILES string of the molecule is Cc1cc([N+](=O)[O-])c(OC(C)C)cc1Br.[2H]C1([2H])C=C(B2OC(C)(C)C(C)(C)O2)CC([2H])([2H])N1Cc1ccccc1.[2H]C1([2H])C=C(c2cc(OC(C)C)c([N+](=O)[O-])cc2C)CC([2H])([2H])N1Cc1ccccc1.[2H]C1([2H])CC(c2cc(OC(C)C)c(N)cc2C)CC([2H])([2H])N1.[2H]C1([2H])CC(c2cc(OC(C)C)c(Nc3ncc(Cl)c(Nc4ccccc4S(=O)(=O)C([2H])(C)C)n3)cc2C)CC([2H])([2H])N1. The van der Waals surface area contributed by atoms with Crippen molar-refractivity contribution >= 4 is 90.3 Å². The van der Waals surface area contributed by atoms with Gasteiger partial charge in [-0.1, -0.05) is 112 Å². The van der Waals surface area contributed by atoms with E-state index in [1.807, 2.05) is 162 Å². The fraction of sp³-hybridized carbons (Fsp3) is 0.462. The summed E-state index contributed by atoms with van der Waals surface area (Å²) in [5.74, 6) is 1.10. The van der Waals surface area contributed by atoms with Gasteiger partial charge in [0, 0.05) is 85.1 Å². The maximum Gasteiger partial charge on any atom is 0.490 e. The summed E-state index contributed by atoms with van der Waals surface area (Å²) in [6, 6.07) is 38.1. The number of anilines is 5. The van der Waals surface area contributed by atoms with Crippen molar-refractivity contribution in [1.82, 2.24) is 30.4 Å². The Bertz CT molecular complexity index is 5790. The highest BCUT2D eigenvalue weighted by Crippen LogP contribution is 2.43. The molecule has 6 N–H and O–H groups in total. The van der Waals surface area contributed by atoms with E-state index in [0.29, 0.717) is 50.8 Å². The lowest BCUT2D eigenvalue weighted by Gasteiger charge is -2.32. The smallest absolute Gasteiger partial charge is 0.489 e. The summed E-state index contributed by atoms with van der Waals surface area (Å²) in [6.45, 7) is 17.7. The molecule has 8 aromatic rings. The van der Waals surface area contributed by atoms with Gasteiger partial charge in [0.05, 0.1) is 78.8 Å². The Morgan fingerprint density at radius 1 is 0.617 bits per heavy atom. The van der Waals surface area contributed by atoms with Crippen LogP contribution in [-0.2, 0) is 32.2 Å². The second-order valence-electron chi connectivity index (χ2n) is 31.6. The molecular formula is C93H124BBrClN11O12S. The number of halogens is 2. The van der Waals surface area contributed by atoms with Gasteiger partial charge in [-0.05, 0) is 305 Å². The maximum absolute atomic E-state index is 13.1. The van der Waals surface area contributed by atoms with Crippen molar-refractivity contribution in [1.29, 1.82) is 0 Å². The maximum atomic E-state index is 13.1. The Morgan fingerprint density at radius 2 is 1.08 bits per heavy atom. The monoisotopic (exact) mass is 1760 g/mol. The molecule has 0 bridgehead atoms. The zero-order valence-corrected chi connectivity index (χ0v) is 74.6. The van der Waals surface area contributed by atoms with E-state index in [1.165, 1.54) is 66.3 Å². The van der Waals surface area contributed by atoms with Crippen LogP contribution in [0.4, 0.5) is 40.2 Å². The highest BCUT2D eigenvalue weighted by Gasteiger charge is 2.52. The topological polar surface area (TPSA) is 282 Å². The number of hydrogen-bond acceptors (Lipinski definition) is 21. The number of benzene rings is 7. The first-order valence-corrected chi connectivity index (χ1v) is 42.4. The van der Waals surface area contributed by atoms with Crippen molar-refractivity contribution < 1.29 is 69.8 Å². The molecule has 13 rings (SSSR count). The van der Waals surface area contributed by atoms with Gasteiger partial charge in [-0.15, -0.1) is 0 Å². The largest absolute Gasteiger partial charge is 0.490 e. The fourth-order valence-electron chi connectivity index (χ4n) is 12.9. The van der Waals surface area contributed by atoms with Gasteiger partial charge in [0.25, 0.3) is 0 Å². The van der Waals surface area contributed by atoms with Crippen molar-refractivity contribution in [3.8, 4) is 23.0 Å². The van der Waals surface area contributed by atoms with Crippen LogP contribution in [0.5, 0.6) is 23.0 Å². The molecule has 120 heavy (non-hydrogen) atoms. The van der Waals surface area contributed by atoms with Gasteiger partial charge in [0.15, 0.2) is 27.2 Å². The molecule has 3 saturated heterocycles. The van der Waals surface area contributed by atoms with E-state index in [9.17, 15) is 28.6 Å². The average Bonchev–Trinajstić information content (AvgIpc) is 1.73. The highest BCUT2D eigenvalue weighted by molar-refractivity contribution is 9.10. The van der Waals surface area contributed by atoms with Crippen LogP contribution in [0.25, 0.3) is 5.57 Å². The third kappa shape index (κ3) is 26.8. The third-order valence-corrected chi connectivity index (χ3v) is 22.9. The Balaban J connectivity index is 0.000000200. The van der Waals surface area contributed by atoms with Crippen molar-refractivity contribution in [2.45, 2.75) is 234 Å². The van der Waals surface area contributed by atoms with E-state index in [1.54, 1.807) is 58.0 Å². The van der Waals surface area contributed by atoms with Crippen molar-refractivity contribution in [3.05, 3.63) is 237 Å².